The van der Waals surface area contributed by atoms with E-state index in [9.17, 15) is 14.7 Å². The van der Waals surface area contributed by atoms with Crippen molar-refractivity contribution in [1.29, 1.82) is 0 Å². The fourth-order valence-corrected chi connectivity index (χ4v) is 4.11. The third-order valence-corrected chi connectivity index (χ3v) is 5.61. The van der Waals surface area contributed by atoms with Crippen LogP contribution in [0.25, 0.3) is 17.1 Å². The van der Waals surface area contributed by atoms with E-state index in [0.717, 1.165) is 16.8 Å². The number of fused-ring (bicyclic) bond motifs is 1. The molecular formula is C25H20N4O3. The molecule has 2 heterocycles. The molecule has 1 unspecified atom stereocenters. The van der Waals surface area contributed by atoms with E-state index in [0.29, 0.717) is 17.8 Å². The zero-order valence-corrected chi connectivity index (χ0v) is 17.1. The number of rotatable bonds is 4. The SMILES string of the molecule is O=C(O)C1c2ccccc2CCN1C(=O)c1nc(-c2ccccc2)n(-c2ccccc2)n1. The van der Waals surface area contributed by atoms with Crippen LogP contribution in [0.15, 0.2) is 84.9 Å². The Bertz CT molecular complexity index is 1230. The van der Waals surface area contributed by atoms with Crippen LogP contribution in [0.1, 0.15) is 27.8 Å². The Balaban J connectivity index is 1.59. The van der Waals surface area contributed by atoms with Crippen molar-refractivity contribution in [3.8, 4) is 17.1 Å². The lowest BCUT2D eigenvalue weighted by Gasteiger charge is -2.34. The number of carboxylic acid groups (broad SMARTS) is 1. The molecule has 1 atom stereocenters. The topological polar surface area (TPSA) is 88.3 Å². The lowest BCUT2D eigenvalue weighted by atomic mass is 9.92. The minimum atomic E-state index is -1.07. The molecule has 0 saturated carbocycles. The average Bonchev–Trinajstić information content (AvgIpc) is 3.29. The van der Waals surface area contributed by atoms with Gasteiger partial charge in [-0.05, 0) is 29.7 Å². The summed E-state index contributed by atoms with van der Waals surface area (Å²) in [7, 11) is 0. The van der Waals surface area contributed by atoms with Gasteiger partial charge in [-0.15, -0.1) is 5.10 Å². The Kier molecular flexibility index (Phi) is 4.99. The number of carbonyl (C=O) groups excluding carboxylic acids is 1. The number of para-hydroxylation sites is 1. The van der Waals surface area contributed by atoms with Crippen molar-refractivity contribution < 1.29 is 14.7 Å². The third kappa shape index (κ3) is 3.43. The lowest BCUT2D eigenvalue weighted by Crippen LogP contribution is -2.44. The van der Waals surface area contributed by atoms with Crippen LogP contribution in [0.2, 0.25) is 0 Å². The van der Waals surface area contributed by atoms with Gasteiger partial charge in [0, 0.05) is 12.1 Å². The quantitative estimate of drug-likeness (QED) is 0.539. The van der Waals surface area contributed by atoms with E-state index in [-0.39, 0.29) is 12.4 Å². The second-order valence-electron chi connectivity index (χ2n) is 7.56. The molecule has 0 fully saturated rings. The smallest absolute Gasteiger partial charge is 0.331 e. The first-order valence-electron chi connectivity index (χ1n) is 10.3. The Morgan fingerprint density at radius 3 is 2.25 bits per heavy atom. The molecule has 5 rings (SSSR count). The average molecular weight is 424 g/mol. The van der Waals surface area contributed by atoms with Gasteiger partial charge in [-0.25, -0.2) is 14.5 Å². The largest absolute Gasteiger partial charge is 0.479 e. The molecule has 158 valence electrons. The number of hydrogen-bond acceptors (Lipinski definition) is 4. The molecule has 0 aliphatic carbocycles. The molecule has 1 aliphatic heterocycles. The van der Waals surface area contributed by atoms with Gasteiger partial charge in [-0.1, -0.05) is 72.8 Å². The first kappa shape index (κ1) is 19.7. The van der Waals surface area contributed by atoms with Crippen LogP contribution < -0.4 is 0 Å². The van der Waals surface area contributed by atoms with Crippen LogP contribution in [-0.2, 0) is 11.2 Å². The molecule has 1 aliphatic rings. The van der Waals surface area contributed by atoms with Crippen LogP contribution in [0.5, 0.6) is 0 Å². The second-order valence-corrected chi connectivity index (χ2v) is 7.56. The van der Waals surface area contributed by atoms with Crippen molar-refractivity contribution >= 4 is 11.9 Å². The van der Waals surface area contributed by atoms with Gasteiger partial charge < -0.3 is 10.0 Å². The minimum absolute atomic E-state index is 0.0293. The van der Waals surface area contributed by atoms with E-state index in [1.54, 1.807) is 16.8 Å². The molecule has 7 nitrogen and oxygen atoms in total. The van der Waals surface area contributed by atoms with Gasteiger partial charge in [0.1, 0.15) is 0 Å². The molecular weight excluding hydrogens is 404 g/mol. The van der Waals surface area contributed by atoms with Crippen LogP contribution in [-0.4, -0.2) is 43.2 Å². The molecule has 1 aromatic heterocycles. The molecule has 0 bridgehead atoms. The van der Waals surface area contributed by atoms with E-state index >= 15 is 0 Å². The number of benzene rings is 3. The molecule has 7 heteroatoms. The molecule has 1 amide bonds. The summed E-state index contributed by atoms with van der Waals surface area (Å²) in [6, 6.07) is 25.2. The number of aromatic nitrogens is 3. The minimum Gasteiger partial charge on any atom is -0.479 e. The van der Waals surface area contributed by atoms with Gasteiger partial charge in [0.15, 0.2) is 11.9 Å². The van der Waals surface area contributed by atoms with E-state index < -0.39 is 17.9 Å². The highest BCUT2D eigenvalue weighted by atomic mass is 16.4. The predicted octanol–water partition coefficient (Wildman–Crippen LogP) is 3.76. The maximum Gasteiger partial charge on any atom is 0.331 e. The highest BCUT2D eigenvalue weighted by Gasteiger charge is 2.37. The number of amides is 1. The van der Waals surface area contributed by atoms with E-state index in [1.165, 1.54) is 4.90 Å². The summed E-state index contributed by atoms with van der Waals surface area (Å²) >= 11 is 0. The molecule has 0 spiro atoms. The second kappa shape index (κ2) is 8.11. The number of carbonyl (C=O) groups is 2. The van der Waals surface area contributed by atoms with Crippen molar-refractivity contribution in [2.24, 2.45) is 0 Å². The normalized spacial score (nSPS) is 15.2. The van der Waals surface area contributed by atoms with Gasteiger partial charge in [0.2, 0.25) is 5.82 Å². The summed E-state index contributed by atoms with van der Waals surface area (Å²) < 4.78 is 1.62. The first-order valence-corrected chi connectivity index (χ1v) is 10.3. The van der Waals surface area contributed by atoms with Crippen molar-refractivity contribution in [2.75, 3.05) is 6.54 Å². The third-order valence-electron chi connectivity index (χ3n) is 5.61. The maximum absolute atomic E-state index is 13.5. The van der Waals surface area contributed by atoms with Gasteiger partial charge in [0.25, 0.3) is 5.91 Å². The molecule has 4 aromatic rings. The number of nitrogens with zero attached hydrogens (tertiary/aromatic N) is 4. The summed E-state index contributed by atoms with van der Waals surface area (Å²) in [6.45, 7) is 0.285. The highest BCUT2D eigenvalue weighted by Crippen LogP contribution is 2.31. The molecule has 0 radical (unpaired) electrons. The summed E-state index contributed by atoms with van der Waals surface area (Å²) in [5, 5.41) is 14.4. The Labute approximate surface area is 184 Å². The fraction of sp³-hybridized carbons (Fsp3) is 0.120. The van der Waals surface area contributed by atoms with Crippen molar-refractivity contribution in [3.05, 3.63) is 102 Å². The number of carboxylic acids is 1. The van der Waals surface area contributed by atoms with Gasteiger partial charge in [0.05, 0.1) is 5.69 Å². The van der Waals surface area contributed by atoms with E-state index in [2.05, 4.69) is 10.1 Å². The lowest BCUT2D eigenvalue weighted by molar-refractivity contribution is -0.143. The zero-order valence-electron chi connectivity index (χ0n) is 17.1. The summed E-state index contributed by atoms with van der Waals surface area (Å²) in [5.41, 5.74) is 3.14. The molecule has 1 N–H and O–H groups in total. The highest BCUT2D eigenvalue weighted by molar-refractivity contribution is 5.94. The van der Waals surface area contributed by atoms with E-state index in [4.69, 9.17) is 0 Å². The fourth-order valence-electron chi connectivity index (χ4n) is 4.11. The Morgan fingerprint density at radius 2 is 1.53 bits per heavy atom. The summed E-state index contributed by atoms with van der Waals surface area (Å²) in [6.07, 6.45) is 0.580. The summed E-state index contributed by atoms with van der Waals surface area (Å²) in [5.74, 6) is -1.09. The van der Waals surface area contributed by atoms with Crippen LogP contribution in [0.3, 0.4) is 0 Å². The molecule has 3 aromatic carbocycles. The van der Waals surface area contributed by atoms with Crippen molar-refractivity contribution in [3.63, 3.8) is 0 Å². The van der Waals surface area contributed by atoms with Crippen LogP contribution >= 0.6 is 0 Å². The summed E-state index contributed by atoms with van der Waals surface area (Å²) in [4.78, 5) is 31.5. The Hall–Kier alpha value is -4.26. The van der Waals surface area contributed by atoms with Gasteiger partial charge in [-0.2, -0.15) is 0 Å². The van der Waals surface area contributed by atoms with Gasteiger partial charge in [-0.3, -0.25) is 4.79 Å². The van der Waals surface area contributed by atoms with Crippen LogP contribution in [0, 0.1) is 0 Å². The van der Waals surface area contributed by atoms with Crippen molar-refractivity contribution in [2.45, 2.75) is 12.5 Å². The van der Waals surface area contributed by atoms with E-state index in [1.807, 2.05) is 72.8 Å². The van der Waals surface area contributed by atoms with Crippen molar-refractivity contribution in [1.82, 2.24) is 19.7 Å². The first-order chi connectivity index (χ1) is 15.6. The van der Waals surface area contributed by atoms with Crippen LogP contribution in [0.4, 0.5) is 0 Å². The number of aliphatic carboxylic acids is 1. The standard InChI is InChI=1S/C25H20N4O3/c30-24(28-16-15-17-9-7-8-14-20(17)21(28)25(31)32)22-26-23(18-10-3-1-4-11-18)29(27-22)19-12-5-2-6-13-19/h1-14,21H,15-16H2,(H,31,32). The number of hydrogen-bond donors (Lipinski definition) is 1. The molecule has 0 saturated heterocycles. The monoisotopic (exact) mass is 424 g/mol. The molecule has 32 heavy (non-hydrogen) atoms. The zero-order chi connectivity index (χ0) is 22.1. The Morgan fingerprint density at radius 1 is 0.875 bits per heavy atom. The van der Waals surface area contributed by atoms with Gasteiger partial charge >= 0.3 is 5.97 Å². The predicted molar refractivity (Wildman–Crippen MR) is 118 cm³/mol. The maximum atomic E-state index is 13.5.